The standard InChI is InChI=1S/C8H16BO2/c1-7(2)4-9-5-8(3,10)11-6-7/h10H,4-6H2,1-3H3. The third-order valence-corrected chi connectivity index (χ3v) is 1.99. The highest BCUT2D eigenvalue weighted by molar-refractivity contribution is 6.36. The molecule has 63 valence electrons. The van der Waals surface area contributed by atoms with Crippen molar-refractivity contribution in [1.29, 1.82) is 0 Å². The fraction of sp³-hybridized carbons (Fsp3) is 1.00. The second-order valence-corrected chi connectivity index (χ2v) is 4.32. The molecule has 0 aromatic carbocycles. The molecule has 1 fully saturated rings. The minimum absolute atomic E-state index is 0.181. The summed E-state index contributed by atoms with van der Waals surface area (Å²) in [4.78, 5) is 0. The van der Waals surface area contributed by atoms with Crippen molar-refractivity contribution in [3.8, 4) is 0 Å². The Hall–Kier alpha value is -0.0151. The SMILES string of the molecule is CC1(C)C[B]CC(C)(O)OC1. The quantitative estimate of drug-likeness (QED) is 0.534. The van der Waals surface area contributed by atoms with E-state index in [-0.39, 0.29) is 5.41 Å². The van der Waals surface area contributed by atoms with Gasteiger partial charge in [0.1, 0.15) is 7.28 Å². The lowest BCUT2D eigenvalue weighted by Crippen LogP contribution is -2.29. The summed E-state index contributed by atoms with van der Waals surface area (Å²) in [5.41, 5.74) is 0.181. The van der Waals surface area contributed by atoms with E-state index in [0.29, 0.717) is 12.9 Å². The van der Waals surface area contributed by atoms with Crippen molar-refractivity contribution in [2.75, 3.05) is 6.61 Å². The highest BCUT2D eigenvalue weighted by Crippen LogP contribution is 2.29. The molecule has 1 radical (unpaired) electrons. The van der Waals surface area contributed by atoms with E-state index in [9.17, 15) is 5.11 Å². The lowest BCUT2D eigenvalue weighted by molar-refractivity contribution is -0.185. The number of ether oxygens (including phenoxy) is 1. The van der Waals surface area contributed by atoms with Crippen LogP contribution < -0.4 is 0 Å². The topological polar surface area (TPSA) is 29.5 Å². The molecule has 1 saturated heterocycles. The first-order valence-corrected chi connectivity index (χ1v) is 4.09. The van der Waals surface area contributed by atoms with Gasteiger partial charge in [-0.2, -0.15) is 0 Å². The van der Waals surface area contributed by atoms with Crippen LogP contribution in [-0.4, -0.2) is 24.8 Å². The summed E-state index contributed by atoms with van der Waals surface area (Å²) >= 11 is 0. The minimum Gasteiger partial charge on any atom is -0.366 e. The third-order valence-electron chi connectivity index (χ3n) is 1.99. The Labute approximate surface area is 69.2 Å². The van der Waals surface area contributed by atoms with Crippen LogP contribution in [0, 0.1) is 5.41 Å². The number of hydrogen-bond donors (Lipinski definition) is 1. The molecule has 3 heteroatoms. The Morgan fingerprint density at radius 2 is 1.91 bits per heavy atom. The molecular weight excluding hydrogens is 139 g/mol. The highest BCUT2D eigenvalue weighted by Gasteiger charge is 2.30. The molecule has 1 unspecified atom stereocenters. The molecule has 1 aliphatic rings. The van der Waals surface area contributed by atoms with E-state index in [1.165, 1.54) is 0 Å². The van der Waals surface area contributed by atoms with E-state index in [4.69, 9.17) is 4.74 Å². The summed E-state index contributed by atoms with van der Waals surface area (Å²) in [6.45, 7) is 6.64. The lowest BCUT2D eigenvalue weighted by atomic mass is 9.61. The summed E-state index contributed by atoms with van der Waals surface area (Å²) in [7, 11) is 2.10. The van der Waals surface area contributed by atoms with Crippen molar-refractivity contribution < 1.29 is 9.84 Å². The summed E-state index contributed by atoms with van der Waals surface area (Å²) < 4.78 is 5.33. The van der Waals surface area contributed by atoms with Gasteiger partial charge in [-0.05, 0) is 18.7 Å². The molecule has 1 aliphatic heterocycles. The Kier molecular flexibility index (Phi) is 2.31. The molecule has 0 aromatic heterocycles. The second-order valence-electron chi connectivity index (χ2n) is 4.32. The Bertz CT molecular complexity index is 127. The predicted molar refractivity (Wildman–Crippen MR) is 45.7 cm³/mol. The fourth-order valence-electron chi connectivity index (χ4n) is 1.20. The Balaban J connectivity index is 2.53. The lowest BCUT2D eigenvalue weighted by Gasteiger charge is -2.25. The third kappa shape index (κ3) is 2.84. The zero-order valence-electron chi connectivity index (χ0n) is 7.55. The number of rotatable bonds is 0. The van der Waals surface area contributed by atoms with Crippen LogP contribution in [0.2, 0.25) is 12.6 Å². The molecule has 0 spiro atoms. The molecule has 2 nitrogen and oxygen atoms in total. The molecule has 1 heterocycles. The van der Waals surface area contributed by atoms with Gasteiger partial charge in [0.15, 0.2) is 5.79 Å². The van der Waals surface area contributed by atoms with Gasteiger partial charge in [0.2, 0.25) is 0 Å². The van der Waals surface area contributed by atoms with E-state index in [2.05, 4.69) is 21.1 Å². The highest BCUT2D eigenvalue weighted by atomic mass is 16.6. The van der Waals surface area contributed by atoms with Crippen molar-refractivity contribution in [2.45, 2.75) is 39.2 Å². The first-order chi connectivity index (χ1) is 4.91. The number of hydrogen-bond acceptors (Lipinski definition) is 2. The van der Waals surface area contributed by atoms with Gasteiger partial charge in [-0.3, -0.25) is 0 Å². The van der Waals surface area contributed by atoms with Gasteiger partial charge >= 0.3 is 0 Å². The van der Waals surface area contributed by atoms with E-state index >= 15 is 0 Å². The maximum Gasteiger partial charge on any atom is 0.155 e. The molecule has 0 amide bonds. The van der Waals surface area contributed by atoms with Crippen LogP contribution in [0.25, 0.3) is 0 Å². The van der Waals surface area contributed by atoms with Crippen molar-refractivity contribution in [2.24, 2.45) is 5.41 Å². The van der Waals surface area contributed by atoms with Gasteiger partial charge in [-0.25, -0.2) is 0 Å². The Morgan fingerprint density at radius 3 is 2.55 bits per heavy atom. The van der Waals surface area contributed by atoms with Crippen LogP contribution >= 0.6 is 0 Å². The number of aliphatic hydroxyl groups is 1. The van der Waals surface area contributed by atoms with Crippen molar-refractivity contribution in [1.82, 2.24) is 0 Å². The first-order valence-electron chi connectivity index (χ1n) is 4.09. The second kappa shape index (κ2) is 2.79. The molecular formula is C8H16BO2. The van der Waals surface area contributed by atoms with E-state index in [0.717, 1.165) is 6.32 Å². The zero-order chi connectivity index (χ0) is 8.54. The van der Waals surface area contributed by atoms with Gasteiger partial charge in [0, 0.05) is 0 Å². The van der Waals surface area contributed by atoms with Crippen molar-refractivity contribution in [3.63, 3.8) is 0 Å². The fourth-order valence-corrected chi connectivity index (χ4v) is 1.20. The predicted octanol–water partition coefficient (Wildman–Crippen LogP) is 1.29. The molecule has 11 heavy (non-hydrogen) atoms. The average molecular weight is 155 g/mol. The van der Waals surface area contributed by atoms with Crippen molar-refractivity contribution >= 4 is 7.28 Å². The van der Waals surface area contributed by atoms with Gasteiger partial charge in [-0.15, -0.1) is 0 Å². The van der Waals surface area contributed by atoms with Crippen LogP contribution in [0.1, 0.15) is 20.8 Å². The largest absolute Gasteiger partial charge is 0.366 e. The molecule has 1 rings (SSSR count). The smallest absolute Gasteiger partial charge is 0.155 e. The van der Waals surface area contributed by atoms with Crippen molar-refractivity contribution in [3.05, 3.63) is 0 Å². The van der Waals surface area contributed by atoms with Gasteiger partial charge in [-0.1, -0.05) is 20.2 Å². The van der Waals surface area contributed by atoms with Crippen LogP contribution in [-0.2, 0) is 4.74 Å². The van der Waals surface area contributed by atoms with E-state index < -0.39 is 5.79 Å². The molecule has 0 aliphatic carbocycles. The minimum atomic E-state index is -0.937. The van der Waals surface area contributed by atoms with Crippen LogP contribution in [0.4, 0.5) is 0 Å². The van der Waals surface area contributed by atoms with Gasteiger partial charge in [0.25, 0.3) is 0 Å². The maximum absolute atomic E-state index is 9.53. The molecule has 0 aromatic rings. The summed E-state index contributed by atoms with van der Waals surface area (Å²) in [5.74, 6) is -0.937. The van der Waals surface area contributed by atoms with Crippen LogP contribution in [0.5, 0.6) is 0 Å². The summed E-state index contributed by atoms with van der Waals surface area (Å²) in [6, 6.07) is 0. The maximum atomic E-state index is 9.53. The van der Waals surface area contributed by atoms with E-state index in [1.807, 2.05) is 0 Å². The van der Waals surface area contributed by atoms with Crippen LogP contribution in [0.3, 0.4) is 0 Å². The summed E-state index contributed by atoms with van der Waals surface area (Å²) in [5, 5.41) is 9.53. The average Bonchev–Trinajstić information content (AvgIpc) is 1.92. The zero-order valence-corrected chi connectivity index (χ0v) is 7.55. The summed E-state index contributed by atoms with van der Waals surface area (Å²) in [6.07, 6.45) is 1.65. The first kappa shape index (κ1) is 9.08. The molecule has 0 bridgehead atoms. The molecule has 1 atom stereocenters. The van der Waals surface area contributed by atoms with Gasteiger partial charge in [0.05, 0.1) is 6.61 Å². The van der Waals surface area contributed by atoms with Gasteiger partial charge < -0.3 is 9.84 Å². The molecule has 0 saturated carbocycles. The molecule has 1 N–H and O–H groups in total. The normalized spacial score (nSPS) is 37.5. The van der Waals surface area contributed by atoms with Crippen LogP contribution in [0.15, 0.2) is 0 Å². The monoisotopic (exact) mass is 155 g/mol. The Morgan fingerprint density at radius 1 is 1.27 bits per heavy atom. The van der Waals surface area contributed by atoms with E-state index in [1.54, 1.807) is 6.92 Å².